The fourth-order valence-corrected chi connectivity index (χ4v) is 1.78. The van der Waals surface area contributed by atoms with Gasteiger partial charge in [0.05, 0.1) is 0 Å². The minimum atomic E-state index is 0.125. The van der Waals surface area contributed by atoms with E-state index in [-0.39, 0.29) is 5.41 Å². The van der Waals surface area contributed by atoms with Crippen LogP contribution in [-0.2, 0) is 4.79 Å². The maximum Gasteiger partial charge on any atom is 0.140 e. The summed E-state index contributed by atoms with van der Waals surface area (Å²) in [6, 6.07) is 0. The highest BCUT2D eigenvalue weighted by Gasteiger charge is 2.47. The maximum absolute atomic E-state index is 11.0. The highest BCUT2D eigenvalue weighted by Crippen LogP contribution is 2.41. The second-order valence-corrected chi connectivity index (χ2v) is 3.13. The number of carbonyl (C=O) groups is 1. The van der Waals surface area contributed by atoms with E-state index >= 15 is 0 Å². The van der Waals surface area contributed by atoms with Crippen molar-refractivity contribution in [2.75, 3.05) is 13.1 Å². The molecule has 2 nitrogen and oxygen atoms in total. The first-order valence-corrected chi connectivity index (χ1v) is 3.58. The summed E-state index contributed by atoms with van der Waals surface area (Å²) in [5, 5.41) is 3.22. The van der Waals surface area contributed by atoms with Crippen LogP contribution in [0.4, 0.5) is 0 Å². The van der Waals surface area contributed by atoms with E-state index in [1.165, 1.54) is 0 Å². The van der Waals surface area contributed by atoms with E-state index in [2.05, 4.69) is 5.32 Å². The van der Waals surface area contributed by atoms with Crippen molar-refractivity contribution >= 4 is 5.78 Å². The normalized spacial score (nSPS) is 41.6. The summed E-state index contributed by atoms with van der Waals surface area (Å²) < 4.78 is 0. The molecular weight excluding hydrogens is 114 g/mol. The van der Waals surface area contributed by atoms with Gasteiger partial charge in [-0.25, -0.2) is 0 Å². The van der Waals surface area contributed by atoms with Gasteiger partial charge in [-0.2, -0.15) is 0 Å². The monoisotopic (exact) mass is 125 g/mol. The van der Waals surface area contributed by atoms with Gasteiger partial charge in [0.15, 0.2) is 0 Å². The van der Waals surface area contributed by atoms with Crippen molar-refractivity contribution in [1.29, 1.82) is 0 Å². The van der Waals surface area contributed by atoms with Gasteiger partial charge in [-0.1, -0.05) is 0 Å². The molecule has 0 radical (unpaired) electrons. The largest absolute Gasteiger partial charge is 0.316 e. The van der Waals surface area contributed by atoms with E-state index < -0.39 is 0 Å². The van der Waals surface area contributed by atoms with Crippen LogP contribution in [0.5, 0.6) is 0 Å². The van der Waals surface area contributed by atoms with Gasteiger partial charge < -0.3 is 5.32 Å². The van der Waals surface area contributed by atoms with Gasteiger partial charge in [0, 0.05) is 18.4 Å². The van der Waals surface area contributed by atoms with Crippen LogP contribution in [0.3, 0.4) is 0 Å². The minimum absolute atomic E-state index is 0.125. The van der Waals surface area contributed by atoms with Crippen molar-refractivity contribution in [2.24, 2.45) is 5.41 Å². The van der Waals surface area contributed by atoms with Crippen LogP contribution in [0.2, 0.25) is 0 Å². The Balaban J connectivity index is 2.14. The zero-order chi connectivity index (χ0) is 6.32. The average molecular weight is 125 g/mol. The van der Waals surface area contributed by atoms with Crippen molar-refractivity contribution in [3.63, 3.8) is 0 Å². The van der Waals surface area contributed by atoms with Crippen LogP contribution in [0.25, 0.3) is 0 Å². The van der Waals surface area contributed by atoms with Crippen LogP contribution in [0.1, 0.15) is 19.3 Å². The first kappa shape index (κ1) is 5.42. The topological polar surface area (TPSA) is 29.1 Å². The fourth-order valence-electron chi connectivity index (χ4n) is 1.78. The van der Waals surface area contributed by atoms with E-state index in [1.54, 1.807) is 0 Å². The van der Waals surface area contributed by atoms with Gasteiger partial charge in [-0.3, -0.25) is 4.79 Å². The molecule has 9 heavy (non-hydrogen) atoms. The van der Waals surface area contributed by atoms with Crippen molar-refractivity contribution in [3.8, 4) is 0 Å². The molecule has 1 saturated carbocycles. The molecule has 0 aromatic rings. The standard InChI is InChI=1S/C7H11NO/c9-6-1-2-7(6)3-4-8-5-7/h8H,1-5H2. The van der Waals surface area contributed by atoms with E-state index in [1.807, 2.05) is 0 Å². The second kappa shape index (κ2) is 1.57. The molecular formula is C7H11NO. The summed E-state index contributed by atoms with van der Waals surface area (Å²) in [4.78, 5) is 11.0. The number of nitrogens with one attached hydrogen (secondary N) is 1. The molecule has 0 aromatic heterocycles. The highest BCUT2D eigenvalue weighted by molar-refractivity contribution is 5.90. The van der Waals surface area contributed by atoms with Crippen LogP contribution in [-0.4, -0.2) is 18.9 Å². The quantitative estimate of drug-likeness (QED) is 0.505. The summed E-state index contributed by atoms with van der Waals surface area (Å²) in [6.45, 7) is 2.00. The Morgan fingerprint density at radius 1 is 1.44 bits per heavy atom. The van der Waals surface area contributed by atoms with E-state index in [0.717, 1.165) is 32.4 Å². The fraction of sp³-hybridized carbons (Fsp3) is 0.857. The number of Topliss-reactive ketones (excluding diaryl/α,β-unsaturated/α-hetero) is 1. The third-order valence-corrected chi connectivity index (χ3v) is 2.67. The molecule has 2 aliphatic rings. The van der Waals surface area contributed by atoms with Crippen molar-refractivity contribution in [2.45, 2.75) is 19.3 Å². The SMILES string of the molecule is O=C1CCC12CCNC2. The van der Waals surface area contributed by atoms with Crippen molar-refractivity contribution < 1.29 is 4.79 Å². The number of hydrogen-bond acceptors (Lipinski definition) is 2. The molecule has 2 heteroatoms. The molecule has 1 N–H and O–H groups in total. The Kier molecular flexibility index (Phi) is 0.943. The zero-order valence-electron chi connectivity index (χ0n) is 5.44. The predicted molar refractivity (Wildman–Crippen MR) is 34.2 cm³/mol. The van der Waals surface area contributed by atoms with E-state index in [9.17, 15) is 4.79 Å². The summed E-state index contributed by atoms with van der Waals surface area (Å²) >= 11 is 0. The second-order valence-electron chi connectivity index (χ2n) is 3.13. The lowest BCUT2D eigenvalue weighted by Gasteiger charge is -2.35. The smallest absolute Gasteiger partial charge is 0.140 e. The molecule has 1 atom stereocenters. The number of carbonyl (C=O) groups excluding carboxylic acids is 1. The molecule has 0 amide bonds. The van der Waals surface area contributed by atoms with Crippen molar-refractivity contribution in [3.05, 3.63) is 0 Å². The molecule has 1 aliphatic heterocycles. The molecule has 2 fully saturated rings. The van der Waals surface area contributed by atoms with E-state index in [4.69, 9.17) is 0 Å². The van der Waals surface area contributed by atoms with Crippen LogP contribution < -0.4 is 5.32 Å². The van der Waals surface area contributed by atoms with E-state index in [0.29, 0.717) is 5.78 Å². The lowest BCUT2D eigenvalue weighted by Crippen LogP contribution is -2.42. The lowest BCUT2D eigenvalue weighted by atomic mass is 9.67. The molecule has 1 heterocycles. The highest BCUT2D eigenvalue weighted by atomic mass is 16.1. The van der Waals surface area contributed by atoms with Gasteiger partial charge in [-0.05, 0) is 19.4 Å². The average Bonchev–Trinajstić information content (AvgIpc) is 2.34. The molecule has 0 aromatic carbocycles. The third-order valence-electron chi connectivity index (χ3n) is 2.67. The molecule has 50 valence electrons. The minimum Gasteiger partial charge on any atom is -0.316 e. The van der Waals surface area contributed by atoms with Gasteiger partial charge >= 0.3 is 0 Å². The Morgan fingerprint density at radius 2 is 2.33 bits per heavy atom. The van der Waals surface area contributed by atoms with Gasteiger partial charge in [0.2, 0.25) is 0 Å². The van der Waals surface area contributed by atoms with Crippen LogP contribution >= 0.6 is 0 Å². The molecule has 1 aliphatic carbocycles. The summed E-state index contributed by atoms with van der Waals surface area (Å²) in [7, 11) is 0. The lowest BCUT2D eigenvalue weighted by molar-refractivity contribution is -0.136. The molecule has 1 saturated heterocycles. The van der Waals surface area contributed by atoms with Gasteiger partial charge in [0.25, 0.3) is 0 Å². The molecule has 1 spiro atoms. The van der Waals surface area contributed by atoms with Crippen molar-refractivity contribution in [1.82, 2.24) is 5.32 Å². The summed E-state index contributed by atoms with van der Waals surface area (Å²) in [6.07, 6.45) is 3.06. The maximum atomic E-state index is 11.0. The zero-order valence-corrected chi connectivity index (χ0v) is 5.44. The molecule has 0 bridgehead atoms. The van der Waals surface area contributed by atoms with Crippen LogP contribution in [0, 0.1) is 5.41 Å². The first-order valence-electron chi connectivity index (χ1n) is 3.58. The summed E-state index contributed by atoms with van der Waals surface area (Å²) in [5.41, 5.74) is 0.125. The van der Waals surface area contributed by atoms with Crippen LogP contribution in [0.15, 0.2) is 0 Å². The number of rotatable bonds is 0. The molecule has 1 unspecified atom stereocenters. The third kappa shape index (κ3) is 0.568. The Morgan fingerprint density at radius 3 is 2.56 bits per heavy atom. The first-order chi connectivity index (χ1) is 4.33. The van der Waals surface area contributed by atoms with Gasteiger partial charge in [-0.15, -0.1) is 0 Å². The Labute approximate surface area is 54.6 Å². The number of hydrogen-bond donors (Lipinski definition) is 1. The Bertz CT molecular complexity index is 147. The predicted octanol–water partition coefficient (Wildman–Crippen LogP) is 0.329. The van der Waals surface area contributed by atoms with Gasteiger partial charge in [0.1, 0.15) is 5.78 Å². The summed E-state index contributed by atoms with van der Waals surface area (Å²) in [5.74, 6) is 0.493. The molecule has 2 rings (SSSR count). The Hall–Kier alpha value is -0.370. The number of ketones is 1.